The van der Waals surface area contributed by atoms with Crippen molar-refractivity contribution in [3.63, 3.8) is 0 Å². The molecule has 0 heterocycles. The van der Waals surface area contributed by atoms with Crippen molar-refractivity contribution in [2.45, 2.75) is 64.0 Å². The summed E-state index contributed by atoms with van der Waals surface area (Å²) in [4.78, 5) is 30.3. The van der Waals surface area contributed by atoms with Gasteiger partial charge in [0.1, 0.15) is 0 Å². The van der Waals surface area contributed by atoms with Crippen LogP contribution in [0, 0.1) is 5.92 Å². The van der Waals surface area contributed by atoms with Crippen molar-refractivity contribution in [1.29, 1.82) is 0 Å². The molecule has 0 aromatic heterocycles. The topological polar surface area (TPSA) is 52.7 Å². The number of hydrogen-bond donors (Lipinski definition) is 1. The Morgan fingerprint density at radius 2 is 1.70 bits per heavy atom. The lowest BCUT2D eigenvalue weighted by Gasteiger charge is -2.36. The van der Waals surface area contributed by atoms with E-state index in [1.165, 1.54) is 6.42 Å². The minimum absolute atomic E-state index is 0.0267. The Balaban J connectivity index is 1.64. The van der Waals surface area contributed by atoms with Crippen molar-refractivity contribution in [2.75, 3.05) is 24.3 Å². The number of carbonyl (C=O) groups excluding carboxylic acids is 2. The highest BCUT2D eigenvalue weighted by molar-refractivity contribution is 6.33. The van der Waals surface area contributed by atoms with E-state index in [0.29, 0.717) is 17.1 Å². The molecule has 2 amide bonds. The number of hydrogen-bond acceptors (Lipinski definition) is 3. The summed E-state index contributed by atoms with van der Waals surface area (Å²) in [5.74, 6) is 0.199. The molecule has 33 heavy (non-hydrogen) atoms. The van der Waals surface area contributed by atoms with Crippen LogP contribution in [0.25, 0.3) is 0 Å². The number of amides is 2. The van der Waals surface area contributed by atoms with E-state index >= 15 is 0 Å². The maximum Gasteiger partial charge on any atom is 0.255 e. The van der Waals surface area contributed by atoms with Gasteiger partial charge in [-0.05, 0) is 61.6 Å². The number of carbonyl (C=O) groups is 2. The molecule has 1 N–H and O–H groups in total. The van der Waals surface area contributed by atoms with Crippen LogP contribution >= 0.6 is 11.6 Å². The number of benzene rings is 2. The summed E-state index contributed by atoms with van der Waals surface area (Å²) in [5, 5.41) is 3.58. The minimum atomic E-state index is -0.0267. The zero-order valence-electron chi connectivity index (χ0n) is 19.6. The van der Waals surface area contributed by atoms with Gasteiger partial charge < -0.3 is 15.1 Å². The number of halogens is 1. The zero-order valence-corrected chi connectivity index (χ0v) is 20.4. The van der Waals surface area contributed by atoms with Crippen LogP contribution in [0.2, 0.25) is 5.02 Å². The van der Waals surface area contributed by atoms with Crippen LogP contribution in [-0.4, -0.2) is 36.9 Å². The highest BCUT2D eigenvalue weighted by atomic mass is 35.5. The summed E-state index contributed by atoms with van der Waals surface area (Å²) >= 11 is 6.41. The Labute approximate surface area is 202 Å². The number of nitrogens with zero attached hydrogens (tertiary/aromatic N) is 2. The first-order valence-electron chi connectivity index (χ1n) is 12.1. The van der Waals surface area contributed by atoms with Crippen LogP contribution in [0.1, 0.15) is 67.3 Å². The Morgan fingerprint density at radius 3 is 2.33 bits per heavy atom. The van der Waals surface area contributed by atoms with Gasteiger partial charge in [0.2, 0.25) is 5.91 Å². The molecule has 0 unspecified atom stereocenters. The lowest BCUT2D eigenvalue weighted by atomic mass is 9.85. The van der Waals surface area contributed by atoms with Crippen LogP contribution in [0.15, 0.2) is 42.5 Å². The smallest absolute Gasteiger partial charge is 0.255 e. The summed E-state index contributed by atoms with van der Waals surface area (Å²) in [6, 6.07) is 13.5. The fraction of sp³-hybridized carbons (Fsp3) is 0.481. The quantitative estimate of drug-likeness (QED) is 0.533. The van der Waals surface area contributed by atoms with Gasteiger partial charge in [-0.25, -0.2) is 0 Å². The highest BCUT2D eigenvalue weighted by Crippen LogP contribution is 2.32. The Hall–Kier alpha value is -2.53. The monoisotopic (exact) mass is 467 g/mol. The molecule has 0 spiro atoms. The molecule has 6 heteroatoms. The molecule has 2 aliphatic carbocycles. The standard InChI is InChI=1S/C27H34ClN3O2/c1-30(2)25-16-15-21(29-26(32)19-9-8-10-19)17-20(25)18-31(22-11-4-3-5-12-22)27(33)23-13-6-7-14-24(23)28/h6-7,13-17,19,22H,3-5,8-12,18H2,1-2H3,(H,29,32). The van der Waals surface area contributed by atoms with Gasteiger partial charge in [-0.2, -0.15) is 0 Å². The minimum Gasteiger partial charge on any atom is -0.377 e. The van der Waals surface area contributed by atoms with Gasteiger partial charge in [0.25, 0.3) is 5.91 Å². The molecular weight excluding hydrogens is 434 g/mol. The Bertz CT molecular complexity index is 997. The first-order chi connectivity index (χ1) is 15.9. The molecule has 0 atom stereocenters. The molecule has 0 radical (unpaired) electrons. The van der Waals surface area contributed by atoms with Crippen molar-refractivity contribution in [3.8, 4) is 0 Å². The lowest BCUT2D eigenvalue weighted by molar-refractivity contribution is -0.122. The lowest BCUT2D eigenvalue weighted by Crippen LogP contribution is -2.41. The van der Waals surface area contributed by atoms with Gasteiger partial charge in [-0.3, -0.25) is 9.59 Å². The molecule has 0 bridgehead atoms. The second kappa shape index (κ2) is 10.6. The molecule has 2 saturated carbocycles. The molecule has 176 valence electrons. The summed E-state index contributed by atoms with van der Waals surface area (Å²) < 4.78 is 0. The summed E-state index contributed by atoms with van der Waals surface area (Å²) in [7, 11) is 4.01. The van der Waals surface area contributed by atoms with Crippen LogP contribution in [0.5, 0.6) is 0 Å². The SMILES string of the molecule is CN(C)c1ccc(NC(=O)C2CCC2)cc1CN(C(=O)c1ccccc1Cl)C1CCCCC1. The second-order valence-electron chi connectivity index (χ2n) is 9.56. The molecular formula is C27H34ClN3O2. The molecule has 2 aromatic carbocycles. The molecule has 0 aliphatic heterocycles. The van der Waals surface area contributed by atoms with Gasteiger partial charge >= 0.3 is 0 Å². The van der Waals surface area contributed by atoms with E-state index in [1.54, 1.807) is 6.07 Å². The summed E-state index contributed by atoms with van der Waals surface area (Å²) in [6.07, 6.45) is 8.56. The van der Waals surface area contributed by atoms with Crippen molar-refractivity contribution in [2.24, 2.45) is 5.92 Å². The largest absolute Gasteiger partial charge is 0.377 e. The van der Waals surface area contributed by atoms with Crippen molar-refractivity contribution in [1.82, 2.24) is 4.90 Å². The van der Waals surface area contributed by atoms with Crippen LogP contribution in [-0.2, 0) is 11.3 Å². The van der Waals surface area contributed by atoms with Gasteiger partial charge in [0.15, 0.2) is 0 Å². The first-order valence-corrected chi connectivity index (χ1v) is 12.5. The van der Waals surface area contributed by atoms with E-state index in [9.17, 15) is 9.59 Å². The predicted octanol–water partition coefficient (Wildman–Crippen LogP) is 6.12. The van der Waals surface area contributed by atoms with E-state index in [4.69, 9.17) is 11.6 Å². The van der Waals surface area contributed by atoms with E-state index in [-0.39, 0.29) is 23.8 Å². The fourth-order valence-electron chi connectivity index (χ4n) is 4.87. The van der Waals surface area contributed by atoms with Gasteiger partial charge in [0, 0.05) is 44.0 Å². The van der Waals surface area contributed by atoms with Gasteiger partial charge in [-0.15, -0.1) is 0 Å². The van der Waals surface area contributed by atoms with Crippen molar-refractivity contribution < 1.29 is 9.59 Å². The van der Waals surface area contributed by atoms with Gasteiger partial charge in [0.05, 0.1) is 10.6 Å². The molecule has 2 aromatic rings. The number of anilines is 2. The molecule has 0 saturated heterocycles. The fourth-order valence-corrected chi connectivity index (χ4v) is 5.09. The third-order valence-electron chi connectivity index (χ3n) is 7.03. The molecule has 4 rings (SSSR count). The van der Waals surface area contributed by atoms with Crippen molar-refractivity contribution in [3.05, 3.63) is 58.6 Å². The normalized spacial score (nSPS) is 16.7. The predicted molar refractivity (Wildman–Crippen MR) is 135 cm³/mol. The van der Waals surface area contributed by atoms with E-state index in [0.717, 1.165) is 61.9 Å². The third-order valence-corrected chi connectivity index (χ3v) is 7.36. The first kappa shape index (κ1) is 23.6. The molecule has 2 aliphatic rings. The van der Waals surface area contributed by atoms with Crippen molar-refractivity contribution >= 4 is 34.8 Å². The van der Waals surface area contributed by atoms with Gasteiger partial charge in [-0.1, -0.05) is 49.4 Å². The number of rotatable bonds is 7. The van der Waals surface area contributed by atoms with Crippen LogP contribution in [0.4, 0.5) is 11.4 Å². The molecule has 2 fully saturated rings. The number of nitrogens with one attached hydrogen (secondary N) is 1. The van der Waals surface area contributed by atoms with Crippen LogP contribution < -0.4 is 10.2 Å². The van der Waals surface area contributed by atoms with E-state index in [2.05, 4.69) is 10.2 Å². The summed E-state index contributed by atoms with van der Waals surface area (Å²) in [5.41, 5.74) is 3.41. The second-order valence-corrected chi connectivity index (χ2v) is 9.97. The van der Waals surface area contributed by atoms with Crippen LogP contribution in [0.3, 0.4) is 0 Å². The zero-order chi connectivity index (χ0) is 23.4. The van der Waals surface area contributed by atoms with E-state index in [1.807, 2.05) is 55.4 Å². The Kier molecular flexibility index (Phi) is 7.59. The highest BCUT2D eigenvalue weighted by Gasteiger charge is 2.29. The average molecular weight is 468 g/mol. The Morgan fingerprint density at radius 1 is 0.970 bits per heavy atom. The molecule has 5 nitrogen and oxygen atoms in total. The maximum absolute atomic E-state index is 13.7. The van der Waals surface area contributed by atoms with E-state index < -0.39 is 0 Å². The average Bonchev–Trinajstić information content (AvgIpc) is 2.76. The third kappa shape index (κ3) is 5.52. The summed E-state index contributed by atoms with van der Waals surface area (Å²) in [6.45, 7) is 0.482. The maximum atomic E-state index is 13.7.